The molecule has 3 heterocycles. The zero-order valence-electron chi connectivity index (χ0n) is 20.9. The van der Waals surface area contributed by atoms with Crippen molar-refractivity contribution in [3.63, 3.8) is 0 Å². The average Bonchev–Trinajstić information content (AvgIpc) is 3.40. The molecule has 0 radical (unpaired) electrons. The predicted molar refractivity (Wildman–Crippen MR) is 139 cm³/mol. The number of pyridine rings is 1. The van der Waals surface area contributed by atoms with Crippen molar-refractivity contribution < 1.29 is 14.7 Å². The summed E-state index contributed by atoms with van der Waals surface area (Å²) in [7, 11) is 0. The van der Waals surface area contributed by atoms with Gasteiger partial charge in [0.15, 0.2) is 11.5 Å². The molecular formula is C26H34N6O3. The Labute approximate surface area is 206 Å². The Morgan fingerprint density at radius 3 is 2.49 bits per heavy atom. The number of nitrogens with one attached hydrogen (secondary N) is 1. The minimum absolute atomic E-state index is 0.250. The van der Waals surface area contributed by atoms with Gasteiger partial charge in [0.1, 0.15) is 0 Å². The fourth-order valence-corrected chi connectivity index (χ4v) is 3.08. The van der Waals surface area contributed by atoms with Crippen LogP contribution in [0.3, 0.4) is 0 Å². The van der Waals surface area contributed by atoms with Crippen molar-refractivity contribution in [3.8, 4) is 11.4 Å². The summed E-state index contributed by atoms with van der Waals surface area (Å²) in [6, 6.07) is 15.0. The van der Waals surface area contributed by atoms with Gasteiger partial charge in [0.05, 0.1) is 16.9 Å². The average molecular weight is 479 g/mol. The van der Waals surface area contributed by atoms with E-state index in [1.165, 1.54) is 0 Å². The number of nitrogens with two attached hydrogens (primary N) is 1. The molecule has 0 spiro atoms. The van der Waals surface area contributed by atoms with Crippen molar-refractivity contribution in [2.75, 3.05) is 5.32 Å². The Hall–Kier alpha value is -4.11. The fourth-order valence-electron chi connectivity index (χ4n) is 3.08. The zero-order valence-corrected chi connectivity index (χ0v) is 20.9. The van der Waals surface area contributed by atoms with Crippen LogP contribution < -0.4 is 11.1 Å². The van der Waals surface area contributed by atoms with Crippen molar-refractivity contribution >= 4 is 23.6 Å². The van der Waals surface area contributed by atoms with Gasteiger partial charge in [-0.25, -0.2) is 9.50 Å². The minimum atomic E-state index is -0.301. The van der Waals surface area contributed by atoms with Gasteiger partial charge in [-0.1, -0.05) is 52.8 Å². The first-order valence-electron chi connectivity index (χ1n) is 11.6. The number of carbonyl (C=O) groups excluding carboxylic acids is 1. The number of benzene rings is 1. The summed E-state index contributed by atoms with van der Waals surface area (Å²) in [6.45, 7) is 10.2. The molecule has 0 aliphatic rings. The van der Waals surface area contributed by atoms with Crippen LogP contribution in [0.4, 0.5) is 5.69 Å². The number of carbonyl (C=O) groups is 2. The van der Waals surface area contributed by atoms with E-state index < -0.39 is 0 Å². The Morgan fingerprint density at radius 1 is 1.11 bits per heavy atom. The molecule has 186 valence electrons. The number of hydrogen-bond acceptors (Lipinski definition) is 6. The van der Waals surface area contributed by atoms with E-state index in [4.69, 9.17) is 15.6 Å². The van der Waals surface area contributed by atoms with Crippen LogP contribution in [-0.4, -0.2) is 37.1 Å². The van der Waals surface area contributed by atoms with E-state index in [2.05, 4.69) is 20.4 Å². The summed E-state index contributed by atoms with van der Waals surface area (Å²) in [5, 5.41) is 14.4. The molecule has 4 aromatic rings. The minimum Gasteiger partial charge on any atom is -0.483 e. The smallest absolute Gasteiger partial charge is 0.290 e. The van der Waals surface area contributed by atoms with Crippen molar-refractivity contribution in [3.05, 3.63) is 77.9 Å². The van der Waals surface area contributed by atoms with Gasteiger partial charge in [0, 0.05) is 24.5 Å². The maximum absolute atomic E-state index is 13.0. The van der Waals surface area contributed by atoms with Crippen molar-refractivity contribution in [2.24, 2.45) is 5.73 Å². The number of hydrogen-bond donors (Lipinski definition) is 3. The summed E-state index contributed by atoms with van der Waals surface area (Å²) in [4.78, 5) is 30.3. The number of fused-ring (bicyclic) bond motifs is 1. The molecule has 0 atom stereocenters. The molecule has 0 saturated carbocycles. The Bertz CT molecular complexity index is 1210. The van der Waals surface area contributed by atoms with E-state index >= 15 is 0 Å². The third-order valence-corrected chi connectivity index (χ3v) is 4.50. The van der Waals surface area contributed by atoms with E-state index in [1.807, 2.05) is 77.1 Å². The quantitative estimate of drug-likeness (QED) is 0.350. The Kier molecular flexibility index (Phi) is 13.0. The predicted octanol–water partition coefficient (Wildman–Crippen LogP) is 4.82. The molecule has 1 amide bonds. The molecular weight excluding hydrogens is 444 g/mol. The number of nitrogens with zero attached hydrogens (tertiary/aromatic N) is 4. The molecule has 0 fully saturated rings. The topological polar surface area (TPSA) is 136 Å². The molecule has 9 heteroatoms. The lowest BCUT2D eigenvalue weighted by Crippen LogP contribution is -2.18. The number of carboxylic acid groups (broad SMARTS) is 1. The van der Waals surface area contributed by atoms with E-state index in [9.17, 15) is 4.79 Å². The van der Waals surface area contributed by atoms with E-state index in [1.54, 1.807) is 23.0 Å². The van der Waals surface area contributed by atoms with Crippen LogP contribution in [-0.2, 0) is 17.8 Å². The summed E-state index contributed by atoms with van der Waals surface area (Å²) in [5.74, 6) is 0.163. The molecule has 0 bridgehead atoms. The first-order valence-corrected chi connectivity index (χ1v) is 11.6. The third kappa shape index (κ3) is 7.72. The first kappa shape index (κ1) is 28.9. The summed E-state index contributed by atoms with van der Waals surface area (Å²) in [5.41, 5.74) is 9.98. The highest BCUT2D eigenvalue weighted by Gasteiger charge is 2.17. The lowest BCUT2D eigenvalue weighted by atomic mass is 10.1. The Morgan fingerprint density at radius 2 is 1.83 bits per heavy atom. The second-order valence-electron chi connectivity index (χ2n) is 6.44. The monoisotopic (exact) mass is 478 g/mol. The third-order valence-electron chi connectivity index (χ3n) is 4.50. The first-order chi connectivity index (χ1) is 17.1. The van der Waals surface area contributed by atoms with Crippen LogP contribution in [0.5, 0.6) is 0 Å². The van der Waals surface area contributed by atoms with E-state index in [0.717, 1.165) is 23.2 Å². The molecule has 1 aromatic carbocycles. The zero-order chi connectivity index (χ0) is 26.2. The normalized spacial score (nSPS) is 9.43. The molecule has 0 saturated heterocycles. The van der Waals surface area contributed by atoms with Crippen LogP contribution in [0.15, 0.2) is 60.9 Å². The second-order valence-corrected chi connectivity index (χ2v) is 6.44. The molecule has 0 unspecified atom stereocenters. The number of anilines is 1. The molecule has 35 heavy (non-hydrogen) atoms. The highest BCUT2D eigenvalue weighted by Crippen LogP contribution is 2.21. The summed E-state index contributed by atoms with van der Waals surface area (Å²) in [6.07, 6.45) is 4.23. The lowest BCUT2D eigenvalue weighted by molar-refractivity contribution is -0.122. The maximum atomic E-state index is 13.0. The van der Waals surface area contributed by atoms with Crippen LogP contribution in [0.25, 0.3) is 16.9 Å². The Balaban J connectivity index is 0.000000797. The summed E-state index contributed by atoms with van der Waals surface area (Å²) < 4.78 is 1.66. The van der Waals surface area contributed by atoms with Gasteiger partial charge in [0.25, 0.3) is 12.4 Å². The molecule has 0 aliphatic carbocycles. The number of amides is 1. The molecule has 0 aliphatic heterocycles. The van der Waals surface area contributed by atoms with Gasteiger partial charge in [-0.05, 0) is 42.3 Å². The molecule has 3 aromatic heterocycles. The molecule has 9 nitrogen and oxygen atoms in total. The van der Waals surface area contributed by atoms with Gasteiger partial charge < -0.3 is 16.2 Å². The van der Waals surface area contributed by atoms with Gasteiger partial charge in [-0.2, -0.15) is 0 Å². The number of aryl methyl sites for hydroxylation is 1. The van der Waals surface area contributed by atoms with Crippen LogP contribution in [0.1, 0.15) is 56.4 Å². The standard InChI is InChI=1S/C21H20N6O.2C2H6.CH2O2/c1-2-16-17(8-4-10-23-16)24-21(28)19-18-9-5-11-27(18)26-20(25-19)15-7-3-6-14(12-15)13-22;2*1-2;2-1-3/h3-12H,2,13,22H2,1H3,(H,24,28);2*1-2H3;1H,(H,2,3). The maximum Gasteiger partial charge on any atom is 0.290 e. The van der Waals surface area contributed by atoms with Crippen molar-refractivity contribution in [1.82, 2.24) is 19.6 Å². The second kappa shape index (κ2) is 15.7. The van der Waals surface area contributed by atoms with Gasteiger partial charge in [-0.15, -0.1) is 5.10 Å². The van der Waals surface area contributed by atoms with E-state index in [-0.39, 0.29) is 12.4 Å². The number of aromatic nitrogens is 4. The highest BCUT2D eigenvalue weighted by molar-refractivity contribution is 6.07. The van der Waals surface area contributed by atoms with Crippen LogP contribution >= 0.6 is 0 Å². The number of rotatable bonds is 5. The van der Waals surface area contributed by atoms with Crippen molar-refractivity contribution in [2.45, 2.75) is 47.6 Å². The molecule has 4 N–H and O–H groups in total. The largest absolute Gasteiger partial charge is 0.483 e. The van der Waals surface area contributed by atoms with E-state index in [0.29, 0.717) is 29.3 Å². The van der Waals surface area contributed by atoms with Gasteiger partial charge in [-0.3, -0.25) is 14.6 Å². The van der Waals surface area contributed by atoms with Gasteiger partial charge in [0.2, 0.25) is 0 Å². The SMILES string of the molecule is CC.CC.CCc1ncccc1NC(=O)c1nc(-c2cccc(CN)c2)nn2cccc12.O=CO. The lowest BCUT2D eigenvalue weighted by Gasteiger charge is -2.11. The van der Waals surface area contributed by atoms with Crippen LogP contribution in [0.2, 0.25) is 0 Å². The fraction of sp³-hybridized carbons (Fsp3) is 0.269. The summed E-state index contributed by atoms with van der Waals surface area (Å²) >= 11 is 0. The van der Waals surface area contributed by atoms with Crippen molar-refractivity contribution in [1.29, 1.82) is 0 Å². The van der Waals surface area contributed by atoms with Gasteiger partial charge >= 0.3 is 0 Å². The molecule has 4 rings (SSSR count). The van der Waals surface area contributed by atoms with Crippen LogP contribution in [0, 0.1) is 0 Å². The highest BCUT2D eigenvalue weighted by atomic mass is 16.3.